The van der Waals surface area contributed by atoms with Crippen LogP contribution in [0.4, 0.5) is 8.78 Å². The Morgan fingerprint density at radius 1 is 1.29 bits per heavy atom. The van der Waals surface area contributed by atoms with Crippen LogP contribution in [0.15, 0.2) is 12.1 Å². The summed E-state index contributed by atoms with van der Waals surface area (Å²) in [6, 6.07) is 2.18. The highest BCUT2D eigenvalue weighted by atomic mass is 19.1. The molecule has 1 amide bonds. The van der Waals surface area contributed by atoms with Crippen LogP contribution in [0.1, 0.15) is 29.6 Å². The number of nitrogens with zero attached hydrogens (tertiary/aromatic N) is 1. The number of rotatable bonds is 3. The third-order valence-electron chi connectivity index (χ3n) is 5.50. The lowest BCUT2D eigenvalue weighted by molar-refractivity contribution is -0.199. The minimum absolute atomic E-state index is 0.0324. The normalized spacial score (nSPS) is 25.5. The van der Waals surface area contributed by atoms with Gasteiger partial charge in [-0.25, -0.2) is 8.78 Å². The Kier molecular flexibility index (Phi) is 4.48. The lowest BCUT2D eigenvalue weighted by Crippen LogP contribution is -2.62. The summed E-state index contributed by atoms with van der Waals surface area (Å²) in [5.74, 6) is -2.75. The zero-order chi connectivity index (χ0) is 17.5. The second-order valence-electron chi connectivity index (χ2n) is 6.44. The molecule has 2 aliphatic rings. The fourth-order valence-electron chi connectivity index (χ4n) is 3.88. The Morgan fingerprint density at radius 3 is 2.50 bits per heavy atom. The van der Waals surface area contributed by atoms with Gasteiger partial charge in [0.2, 0.25) is 0 Å². The highest BCUT2D eigenvalue weighted by Crippen LogP contribution is 2.50. The molecule has 1 aliphatic carbocycles. The lowest BCUT2D eigenvalue weighted by atomic mass is 9.58. The minimum atomic E-state index is -0.985. The number of ether oxygens (including phenoxy) is 2. The van der Waals surface area contributed by atoms with Gasteiger partial charge in [-0.1, -0.05) is 0 Å². The molecule has 2 atom stereocenters. The summed E-state index contributed by atoms with van der Waals surface area (Å²) in [5, 5.41) is 10.1. The molecule has 2 fully saturated rings. The van der Waals surface area contributed by atoms with Crippen molar-refractivity contribution in [1.82, 2.24) is 4.90 Å². The largest absolute Gasteiger partial charge is 0.494 e. The standard InChI is InChI=1S/C17H21F2NO4/c1-23-11-4-3-10(18)14(15(11)19)16(22)20-7-5-17(6-8-20)12(21)9-13(17)24-2/h3-4,12-13,21H,5-9H2,1-2H3/t12-,13+/m1/s1. The van der Waals surface area contributed by atoms with Crippen LogP contribution < -0.4 is 4.74 Å². The van der Waals surface area contributed by atoms with Crippen molar-refractivity contribution < 1.29 is 28.2 Å². The molecule has 1 aromatic carbocycles. The zero-order valence-electron chi connectivity index (χ0n) is 13.7. The second kappa shape index (κ2) is 6.29. The van der Waals surface area contributed by atoms with E-state index in [1.54, 1.807) is 7.11 Å². The van der Waals surface area contributed by atoms with Crippen molar-refractivity contribution in [2.24, 2.45) is 5.41 Å². The molecule has 7 heteroatoms. The van der Waals surface area contributed by atoms with Crippen molar-refractivity contribution in [2.75, 3.05) is 27.3 Å². The van der Waals surface area contributed by atoms with Gasteiger partial charge in [0.25, 0.3) is 5.91 Å². The Hall–Kier alpha value is -1.73. The molecule has 132 valence electrons. The van der Waals surface area contributed by atoms with Crippen molar-refractivity contribution >= 4 is 5.91 Å². The number of hydrogen-bond donors (Lipinski definition) is 1. The molecule has 1 aromatic rings. The molecular weight excluding hydrogens is 320 g/mol. The van der Waals surface area contributed by atoms with E-state index in [1.165, 1.54) is 12.0 Å². The van der Waals surface area contributed by atoms with Crippen LogP contribution >= 0.6 is 0 Å². The van der Waals surface area contributed by atoms with E-state index in [1.807, 2.05) is 0 Å². The van der Waals surface area contributed by atoms with E-state index in [9.17, 15) is 18.7 Å². The molecule has 3 rings (SSSR count). The van der Waals surface area contributed by atoms with Gasteiger partial charge in [0.15, 0.2) is 11.6 Å². The molecular formula is C17H21F2NO4. The Bertz CT molecular complexity index is 644. The number of halogens is 2. The van der Waals surface area contributed by atoms with Gasteiger partial charge in [0, 0.05) is 32.0 Å². The molecule has 1 spiro atoms. The topological polar surface area (TPSA) is 59.0 Å². The van der Waals surface area contributed by atoms with Gasteiger partial charge in [0.1, 0.15) is 11.4 Å². The van der Waals surface area contributed by atoms with Gasteiger partial charge in [-0.2, -0.15) is 0 Å². The predicted octanol–water partition coefficient (Wildman–Crippen LogP) is 1.98. The van der Waals surface area contributed by atoms with Gasteiger partial charge < -0.3 is 19.5 Å². The summed E-state index contributed by atoms with van der Waals surface area (Å²) in [4.78, 5) is 14.0. The van der Waals surface area contributed by atoms with E-state index in [4.69, 9.17) is 9.47 Å². The number of methoxy groups -OCH3 is 2. The summed E-state index contributed by atoms with van der Waals surface area (Å²) >= 11 is 0. The van der Waals surface area contributed by atoms with Crippen LogP contribution in [-0.4, -0.2) is 55.4 Å². The number of benzene rings is 1. The third kappa shape index (κ3) is 2.46. The van der Waals surface area contributed by atoms with Crippen molar-refractivity contribution in [3.8, 4) is 5.75 Å². The summed E-state index contributed by atoms with van der Waals surface area (Å²) in [7, 11) is 2.87. The third-order valence-corrected chi connectivity index (χ3v) is 5.50. The Labute approximate surface area is 139 Å². The van der Waals surface area contributed by atoms with E-state index in [0.717, 1.165) is 12.1 Å². The van der Waals surface area contributed by atoms with E-state index in [-0.39, 0.29) is 17.3 Å². The van der Waals surface area contributed by atoms with E-state index in [2.05, 4.69) is 0 Å². The number of aliphatic hydroxyl groups excluding tert-OH is 1. The summed E-state index contributed by atoms with van der Waals surface area (Å²) in [6.45, 7) is 0.650. The maximum absolute atomic E-state index is 14.3. The number of carbonyl (C=O) groups is 1. The summed E-state index contributed by atoms with van der Waals surface area (Å²) < 4.78 is 38.5. The lowest BCUT2D eigenvalue weighted by Gasteiger charge is -2.56. The molecule has 1 saturated heterocycles. The molecule has 1 aliphatic heterocycles. The average Bonchev–Trinajstić information content (AvgIpc) is 2.59. The maximum Gasteiger partial charge on any atom is 0.259 e. The van der Waals surface area contributed by atoms with Gasteiger partial charge in [-0.05, 0) is 25.0 Å². The minimum Gasteiger partial charge on any atom is -0.494 e. The first kappa shape index (κ1) is 17.1. The molecule has 5 nitrogen and oxygen atoms in total. The highest BCUT2D eigenvalue weighted by molar-refractivity contribution is 5.95. The van der Waals surface area contributed by atoms with E-state index < -0.39 is 29.2 Å². The fraction of sp³-hybridized carbons (Fsp3) is 0.588. The maximum atomic E-state index is 14.3. The first-order valence-electron chi connectivity index (χ1n) is 7.96. The van der Waals surface area contributed by atoms with Crippen LogP contribution in [0, 0.1) is 17.0 Å². The zero-order valence-corrected chi connectivity index (χ0v) is 13.7. The van der Waals surface area contributed by atoms with Crippen molar-refractivity contribution in [2.45, 2.75) is 31.5 Å². The van der Waals surface area contributed by atoms with E-state index in [0.29, 0.717) is 32.4 Å². The van der Waals surface area contributed by atoms with Crippen LogP contribution in [-0.2, 0) is 4.74 Å². The molecule has 24 heavy (non-hydrogen) atoms. The van der Waals surface area contributed by atoms with Gasteiger partial charge in [-0.3, -0.25) is 4.79 Å². The Morgan fingerprint density at radius 2 is 1.96 bits per heavy atom. The molecule has 0 radical (unpaired) electrons. The number of carbonyl (C=O) groups excluding carboxylic acids is 1. The number of hydrogen-bond acceptors (Lipinski definition) is 4. The smallest absolute Gasteiger partial charge is 0.259 e. The van der Waals surface area contributed by atoms with Crippen LogP contribution in [0.25, 0.3) is 0 Å². The average molecular weight is 341 g/mol. The first-order chi connectivity index (χ1) is 11.4. The van der Waals surface area contributed by atoms with Gasteiger partial charge in [-0.15, -0.1) is 0 Å². The quantitative estimate of drug-likeness (QED) is 0.913. The molecule has 1 heterocycles. The highest BCUT2D eigenvalue weighted by Gasteiger charge is 2.56. The first-order valence-corrected chi connectivity index (χ1v) is 7.96. The monoisotopic (exact) mass is 341 g/mol. The van der Waals surface area contributed by atoms with Crippen molar-refractivity contribution in [3.05, 3.63) is 29.3 Å². The van der Waals surface area contributed by atoms with Crippen LogP contribution in [0.2, 0.25) is 0 Å². The number of piperidine rings is 1. The number of aliphatic hydroxyl groups is 1. The Balaban J connectivity index is 1.77. The SMILES string of the molecule is COc1ccc(F)c(C(=O)N2CCC3(CC2)[C@H](O)C[C@@H]3OC)c1F. The summed E-state index contributed by atoms with van der Waals surface area (Å²) in [6.07, 6.45) is 1.20. The van der Waals surface area contributed by atoms with Gasteiger partial charge >= 0.3 is 0 Å². The molecule has 1 saturated carbocycles. The van der Waals surface area contributed by atoms with Crippen LogP contribution in [0.3, 0.4) is 0 Å². The molecule has 0 bridgehead atoms. The number of likely N-dealkylation sites (tertiary alicyclic amines) is 1. The van der Waals surface area contributed by atoms with Crippen molar-refractivity contribution in [1.29, 1.82) is 0 Å². The summed E-state index contributed by atoms with van der Waals surface area (Å²) in [5.41, 5.74) is -0.945. The molecule has 1 N–H and O–H groups in total. The fourth-order valence-corrected chi connectivity index (χ4v) is 3.88. The van der Waals surface area contributed by atoms with Gasteiger partial charge in [0.05, 0.1) is 19.3 Å². The molecule has 0 unspecified atom stereocenters. The van der Waals surface area contributed by atoms with E-state index >= 15 is 0 Å². The van der Waals surface area contributed by atoms with Crippen LogP contribution in [0.5, 0.6) is 5.75 Å². The second-order valence-corrected chi connectivity index (χ2v) is 6.44. The number of amides is 1. The van der Waals surface area contributed by atoms with Crippen molar-refractivity contribution in [3.63, 3.8) is 0 Å². The molecule has 0 aromatic heterocycles. The predicted molar refractivity (Wildman–Crippen MR) is 81.9 cm³/mol.